The number of aryl methyl sites for hydroxylation is 1. The van der Waals surface area contributed by atoms with Crippen molar-refractivity contribution in [1.29, 1.82) is 0 Å². The van der Waals surface area contributed by atoms with Gasteiger partial charge in [-0.1, -0.05) is 43.7 Å². The summed E-state index contributed by atoms with van der Waals surface area (Å²) in [6.07, 6.45) is 7.36. The first-order chi connectivity index (χ1) is 21.0. The molecule has 1 N–H and O–H groups in total. The van der Waals surface area contributed by atoms with E-state index in [1.165, 1.54) is 9.87 Å². The van der Waals surface area contributed by atoms with Crippen LogP contribution in [-0.4, -0.2) is 61.0 Å². The highest BCUT2D eigenvalue weighted by Crippen LogP contribution is 2.51. The molecule has 2 saturated heterocycles. The lowest BCUT2D eigenvalue weighted by Crippen LogP contribution is -2.48. The van der Waals surface area contributed by atoms with E-state index >= 15 is 0 Å². The zero-order chi connectivity index (χ0) is 31.4. The van der Waals surface area contributed by atoms with Crippen LogP contribution in [-0.2, 0) is 26.0 Å². The summed E-state index contributed by atoms with van der Waals surface area (Å²) in [7, 11) is -3.33. The van der Waals surface area contributed by atoms with Crippen LogP contribution in [0.2, 0.25) is 0 Å². The van der Waals surface area contributed by atoms with Gasteiger partial charge in [0.25, 0.3) is 0 Å². The molecule has 3 aliphatic rings. The van der Waals surface area contributed by atoms with Crippen LogP contribution in [0.25, 0.3) is 0 Å². The summed E-state index contributed by atoms with van der Waals surface area (Å²) in [6, 6.07) is 16.5. The number of fused-ring (bicyclic) bond motifs is 3. The van der Waals surface area contributed by atoms with Gasteiger partial charge in [-0.05, 0) is 89.3 Å². The normalized spacial score (nSPS) is 24.5. The van der Waals surface area contributed by atoms with E-state index in [4.69, 9.17) is 14.2 Å². The fourth-order valence-corrected chi connectivity index (χ4v) is 8.83. The molecule has 9 heteroatoms. The van der Waals surface area contributed by atoms with Crippen molar-refractivity contribution in [3.05, 3.63) is 59.7 Å². The summed E-state index contributed by atoms with van der Waals surface area (Å²) in [6.45, 7) is 7.13. The maximum atomic E-state index is 12.6. The summed E-state index contributed by atoms with van der Waals surface area (Å²) in [5.74, 6) is 1.03. The first-order valence-electron chi connectivity index (χ1n) is 16.4. The SMILES string of the molecule is CCCCS(=O)(=O)N1CCC(CCCOc2ccc3c(c2)OC(C)(C)[C@@H]2CC[C@@H](CCc4ccccc4)O[C@@H]32)(C(=O)O)CC1. The molecule has 0 spiro atoms. The van der Waals surface area contributed by atoms with Crippen molar-refractivity contribution in [2.75, 3.05) is 25.4 Å². The average molecular weight is 628 g/mol. The minimum atomic E-state index is -3.33. The standard InChI is InChI=1S/C35H49NO7S/c1-4-5-24-44(39,40)36-21-19-35(20-22-36,33(37)38)18-9-23-41-28-14-16-29-31(25-28)43-34(2,3)30-17-15-27(42-32(29)30)13-12-26-10-7-6-8-11-26/h6-8,10-11,14,16,25,27,30,32H,4-5,9,12-13,15,17-24H2,1-3H3,(H,37,38)/t27-,30-,32+/m1/s1. The van der Waals surface area contributed by atoms with Crippen LogP contribution >= 0.6 is 0 Å². The number of carbonyl (C=O) groups is 1. The summed E-state index contributed by atoms with van der Waals surface area (Å²) in [5.41, 5.74) is 1.11. The number of aliphatic carboxylic acids is 1. The van der Waals surface area contributed by atoms with E-state index < -0.39 is 21.4 Å². The molecular formula is C35H49NO7S. The van der Waals surface area contributed by atoms with Gasteiger partial charge < -0.3 is 19.3 Å². The van der Waals surface area contributed by atoms with Gasteiger partial charge in [-0.2, -0.15) is 0 Å². The Labute approximate surface area is 263 Å². The van der Waals surface area contributed by atoms with E-state index in [1.54, 1.807) is 0 Å². The third kappa shape index (κ3) is 7.43. The molecular weight excluding hydrogens is 578 g/mol. The number of unbranched alkanes of at least 4 members (excludes halogenated alkanes) is 1. The third-order valence-electron chi connectivity index (χ3n) is 10.0. The highest BCUT2D eigenvalue weighted by atomic mass is 32.2. The number of hydrogen-bond donors (Lipinski definition) is 1. The Morgan fingerprint density at radius 2 is 1.82 bits per heavy atom. The van der Waals surface area contributed by atoms with E-state index in [0.717, 1.165) is 43.4 Å². The van der Waals surface area contributed by atoms with Crippen molar-refractivity contribution in [2.45, 2.75) is 103 Å². The van der Waals surface area contributed by atoms with Gasteiger partial charge in [0.2, 0.25) is 10.0 Å². The second-order valence-electron chi connectivity index (χ2n) is 13.4. The summed E-state index contributed by atoms with van der Waals surface area (Å²) in [4.78, 5) is 12.3. The van der Waals surface area contributed by atoms with Gasteiger partial charge in [-0.25, -0.2) is 12.7 Å². The number of carboxylic acids is 1. The largest absolute Gasteiger partial charge is 0.493 e. The zero-order valence-corrected chi connectivity index (χ0v) is 27.3. The molecule has 0 bridgehead atoms. The number of benzene rings is 2. The molecule has 0 saturated carbocycles. The molecule has 3 heterocycles. The monoisotopic (exact) mass is 627 g/mol. The highest BCUT2D eigenvalue weighted by molar-refractivity contribution is 7.89. The number of ether oxygens (including phenoxy) is 3. The van der Waals surface area contributed by atoms with Gasteiger partial charge in [0.1, 0.15) is 17.1 Å². The maximum absolute atomic E-state index is 12.6. The van der Waals surface area contributed by atoms with Gasteiger partial charge in [0.15, 0.2) is 0 Å². The molecule has 3 atom stereocenters. The second kappa shape index (κ2) is 13.8. The third-order valence-corrected chi connectivity index (χ3v) is 12.0. The molecule has 0 amide bonds. The molecule has 8 nitrogen and oxygen atoms in total. The maximum Gasteiger partial charge on any atom is 0.309 e. The fraction of sp³-hybridized carbons (Fsp3) is 0.629. The van der Waals surface area contributed by atoms with Crippen molar-refractivity contribution in [2.24, 2.45) is 11.3 Å². The van der Waals surface area contributed by atoms with Gasteiger partial charge >= 0.3 is 5.97 Å². The van der Waals surface area contributed by atoms with Crippen LogP contribution in [0.5, 0.6) is 11.5 Å². The number of rotatable bonds is 13. The molecule has 2 aromatic rings. The zero-order valence-electron chi connectivity index (χ0n) is 26.5. The number of hydrogen-bond acceptors (Lipinski definition) is 6. The Hall–Kier alpha value is -2.62. The smallest absolute Gasteiger partial charge is 0.309 e. The molecule has 0 aliphatic carbocycles. The van der Waals surface area contributed by atoms with Crippen LogP contribution in [0.3, 0.4) is 0 Å². The summed E-state index contributed by atoms with van der Waals surface area (Å²) >= 11 is 0. The minimum absolute atomic E-state index is 0.0237. The van der Waals surface area contributed by atoms with Gasteiger partial charge in [0.05, 0.1) is 30.0 Å². The Morgan fingerprint density at radius 1 is 1.07 bits per heavy atom. The van der Waals surface area contributed by atoms with Crippen molar-refractivity contribution >= 4 is 16.0 Å². The molecule has 242 valence electrons. The number of carboxylic acid groups (broad SMARTS) is 1. The number of nitrogens with zero attached hydrogens (tertiary/aromatic N) is 1. The van der Waals surface area contributed by atoms with Crippen LogP contribution in [0.4, 0.5) is 0 Å². The quantitative estimate of drug-likeness (QED) is 0.244. The van der Waals surface area contributed by atoms with Crippen LogP contribution < -0.4 is 9.47 Å². The van der Waals surface area contributed by atoms with Crippen LogP contribution in [0.1, 0.15) is 95.8 Å². The van der Waals surface area contributed by atoms with Crippen molar-refractivity contribution < 1.29 is 32.5 Å². The summed E-state index contributed by atoms with van der Waals surface area (Å²) < 4.78 is 46.0. The molecule has 0 radical (unpaired) electrons. The first-order valence-corrected chi connectivity index (χ1v) is 18.0. The predicted molar refractivity (Wildman–Crippen MR) is 171 cm³/mol. The van der Waals surface area contributed by atoms with Crippen LogP contribution in [0.15, 0.2) is 48.5 Å². The topological polar surface area (TPSA) is 102 Å². The number of sulfonamides is 1. The Kier molecular flexibility index (Phi) is 10.3. The van der Waals surface area contributed by atoms with Crippen LogP contribution in [0, 0.1) is 11.3 Å². The van der Waals surface area contributed by atoms with Crippen molar-refractivity contribution in [1.82, 2.24) is 4.31 Å². The van der Waals surface area contributed by atoms with E-state index in [-0.39, 0.29) is 42.6 Å². The van der Waals surface area contributed by atoms with Gasteiger partial charge in [-0.15, -0.1) is 0 Å². The lowest BCUT2D eigenvalue weighted by atomic mass is 9.75. The number of piperidine rings is 1. The molecule has 2 fully saturated rings. The highest BCUT2D eigenvalue weighted by Gasteiger charge is 2.47. The molecule has 0 unspecified atom stereocenters. The Balaban J connectivity index is 1.16. The fourth-order valence-electron chi connectivity index (χ4n) is 7.18. The molecule has 5 rings (SSSR count). The van der Waals surface area contributed by atoms with E-state index in [1.807, 2.05) is 25.1 Å². The van der Waals surface area contributed by atoms with E-state index in [0.29, 0.717) is 44.5 Å². The summed E-state index contributed by atoms with van der Waals surface area (Å²) in [5, 5.41) is 10.1. The van der Waals surface area contributed by atoms with Gasteiger partial charge in [0, 0.05) is 30.6 Å². The Morgan fingerprint density at radius 3 is 2.52 bits per heavy atom. The molecule has 3 aliphatic heterocycles. The average Bonchev–Trinajstić information content (AvgIpc) is 3.01. The predicted octanol–water partition coefficient (Wildman–Crippen LogP) is 6.78. The second-order valence-corrected chi connectivity index (χ2v) is 15.5. The first kappa shape index (κ1) is 32.8. The Bertz CT molecular complexity index is 1370. The van der Waals surface area contributed by atoms with E-state index in [9.17, 15) is 18.3 Å². The van der Waals surface area contributed by atoms with Gasteiger partial charge in [-0.3, -0.25) is 4.79 Å². The van der Waals surface area contributed by atoms with Crippen molar-refractivity contribution in [3.8, 4) is 11.5 Å². The minimum Gasteiger partial charge on any atom is -0.493 e. The lowest BCUT2D eigenvalue weighted by Gasteiger charge is -2.48. The molecule has 2 aromatic carbocycles. The molecule has 44 heavy (non-hydrogen) atoms. The van der Waals surface area contributed by atoms with E-state index in [2.05, 4.69) is 44.2 Å². The molecule has 0 aromatic heterocycles. The lowest BCUT2D eigenvalue weighted by molar-refractivity contribution is -0.152. The van der Waals surface area contributed by atoms with Crippen molar-refractivity contribution in [3.63, 3.8) is 0 Å².